The second kappa shape index (κ2) is 5.64. The van der Waals surface area contributed by atoms with Crippen LogP contribution in [0, 0.1) is 6.92 Å². The summed E-state index contributed by atoms with van der Waals surface area (Å²) in [5.74, 6) is 1.75. The second-order valence-corrected chi connectivity index (χ2v) is 5.35. The molecular weight excluding hydrogens is 262 g/mol. The largest absolute Gasteiger partial charge is 0.292 e. The molecule has 1 amide bonds. The standard InChI is InChI=1S/C17H19N3O/c1-3-15-18-12(2)14-9-10-16(21)20(17(14)19-15)11-13-7-5-4-6-8-13/h4-8H,3,9-11H2,1-2H3. The molecule has 0 fully saturated rings. The predicted molar refractivity (Wildman–Crippen MR) is 82.1 cm³/mol. The molecule has 1 aromatic carbocycles. The lowest BCUT2D eigenvalue weighted by Gasteiger charge is -2.29. The first-order valence-electron chi connectivity index (χ1n) is 7.39. The van der Waals surface area contributed by atoms with Gasteiger partial charge in [0.15, 0.2) is 0 Å². The highest BCUT2D eigenvalue weighted by molar-refractivity contribution is 5.95. The molecule has 0 atom stereocenters. The third kappa shape index (κ3) is 2.66. The van der Waals surface area contributed by atoms with Crippen molar-refractivity contribution >= 4 is 11.7 Å². The SMILES string of the molecule is CCc1nc(C)c2c(n1)N(Cc1ccccc1)C(=O)CC2. The van der Waals surface area contributed by atoms with Gasteiger partial charge in [-0.15, -0.1) is 0 Å². The number of nitrogens with zero attached hydrogens (tertiary/aromatic N) is 3. The molecule has 0 bridgehead atoms. The van der Waals surface area contributed by atoms with Crippen molar-refractivity contribution in [3.8, 4) is 0 Å². The van der Waals surface area contributed by atoms with Crippen LogP contribution in [0.15, 0.2) is 30.3 Å². The zero-order valence-corrected chi connectivity index (χ0v) is 12.5. The van der Waals surface area contributed by atoms with Gasteiger partial charge in [-0.25, -0.2) is 9.97 Å². The van der Waals surface area contributed by atoms with Gasteiger partial charge in [-0.3, -0.25) is 9.69 Å². The number of rotatable bonds is 3. The minimum atomic E-state index is 0.145. The zero-order chi connectivity index (χ0) is 14.8. The fourth-order valence-electron chi connectivity index (χ4n) is 2.73. The van der Waals surface area contributed by atoms with Crippen LogP contribution in [0.25, 0.3) is 0 Å². The topological polar surface area (TPSA) is 46.1 Å². The van der Waals surface area contributed by atoms with Crippen molar-refractivity contribution in [2.75, 3.05) is 4.90 Å². The number of anilines is 1. The van der Waals surface area contributed by atoms with Crippen molar-refractivity contribution in [3.63, 3.8) is 0 Å². The van der Waals surface area contributed by atoms with E-state index in [-0.39, 0.29) is 5.91 Å². The highest BCUT2D eigenvalue weighted by atomic mass is 16.2. The Morgan fingerprint density at radius 2 is 1.90 bits per heavy atom. The summed E-state index contributed by atoms with van der Waals surface area (Å²) in [5, 5.41) is 0. The molecule has 0 N–H and O–H groups in total. The molecule has 3 rings (SSSR count). The molecule has 0 radical (unpaired) electrons. The molecule has 2 aromatic rings. The molecule has 0 saturated carbocycles. The molecule has 0 saturated heterocycles. The Bertz CT molecular complexity index is 667. The van der Waals surface area contributed by atoms with Gasteiger partial charge >= 0.3 is 0 Å². The summed E-state index contributed by atoms with van der Waals surface area (Å²) in [6, 6.07) is 10.0. The number of carbonyl (C=O) groups excluding carboxylic acids is 1. The van der Waals surface area contributed by atoms with E-state index in [2.05, 4.69) is 9.97 Å². The van der Waals surface area contributed by atoms with Gasteiger partial charge in [0.25, 0.3) is 0 Å². The summed E-state index contributed by atoms with van der Waals surface area (Å²) in [4.78, 5) is 23.3. The fourth-order valence-corrected chi connectivity index (χ4v) is 2.73. The van der Waals surface area contributed by atoms with Crippen molar-refractivity contribution in [2.45, 2.75) is 39.7 Å². The van der Waals surface area contributed by atoms with Gasteiger partial charge in [-0.2, -0.15) is 0 Å². The number of hydrogen-bond donors (Lipinski definition) is 0. The minimum Gasteiger partial charge on any atom is -0.292 e. The molecule has 1 aromatic heterocycles. The molecule has 0 unspecified atom stereocenters. The Morgan fingerprint density at radius 3 is 2.62 bits per heavy atom. The van der Waals surface area contributed by atoms with E-state index in [0.717, 1.165) is 41.3 Å². The zero-order valence-electron chi connectivity index (χ0n) is 12.5. The predicted octanol–water partition coefficient (Wildman–Crippen LogP) is 2.83. The maximum Gasteiger partial charge on any atom is 0.228 e. The van der Waals surface area contributed by atoms with E-state index in [9.17, 15) is 4.79 Å². The summed E-state index contributed by atoms with van der Waals surface area (Å²) in [7, 11) is 0. The van der Waals surface area contributed by atoms with Gasteiger partial charge in [-0.05, 0) is 18.9 Å². The smallest absolute Gasteiger partial charge is 0.228 e. The number of amides is 1. The lowest BCUT2D eigenvalue weighted by molar-refractivity contribution is -0.119. The fraction of sp³-hybridized carbons (Fsp3) is 0.353. The van der Waals surface area contributed by atoms with Crippen molar-refractivity contribution in [2.24, 2.45) is 0 Å². The normalized spacial score (nSPS) is 14.2. The number of aromatic nitrogens is 2. The number of benzene rings is 1. The summed E-state index contributed by atoms with van der Waals surface area (Å²) in [6.45, 7) is 4.62. The molecule has 2 heterocycles. The quantitative estimate of drug-likeness (QED) is 0.869. The van der Waals surface area contributed by atoms with E-state index in [1.807, 2.05) is 49.1 Å². The summed E-state index contributed by atoms with van der Waals surface area (Å²) < 4.78 is 0. The Labute approximate surface area is 124 Å². The third-order valence-electron chi connectivity index (χ3n) is 3.88. The van der Waals surface area contributed by atoms with Gasteiger partial charge in [-0.1, -0.05) is 37.3 Å². The summed E-state index contributed by atoms with van der Waals surface area (Å²) >= 11 is 0. The first-order chi connectivity index (χ1) is 10.2. The number of hydrogen-bond acceptors (Lipinski definition) is 3. The molecule has 0 aliphatic carbocycles. The van der Waals surface area contributed by atoms with E-state index in [4.69, 9.17) is 0 Å². The molecule has 4 heteroatoms. The highest BCUT2D eigenvalue weighted by Gasteiger charge is 2.27. The maximum atomic E-state index is 12.3. The van der Waals surface area contributed by atoms with Crippen LogP contribution in [0.1, 0.15) is 36.0 Å². The summed E-state index contributed by atoms with van der Waals surface area (Å²) in [6.07, 6.45) is 2.06. The van der Waals surface area contributed by atoms with E-state index in [1.165, 1.54) is 0 Å². The number of carbonyl (C=O) groups is 1. The first kappa shape index (κ1) is 13.7. The second-order valence-electron chi connectivity index (χ2n) is 5.35. The molecule has 1 aliphatic rings. The van der Waals surface area contributed by atoms with Crippen LogP contribution in [0.4, 0.5) is 5.82 Å². The van der Waals surface area contributed by atoms with Gasteiger partial charge in [0.2, 0.25) is 5.91 Å². The molecule has 108 valence electrons. The van der Waals surface area contributed by atoms with Gasteiger partial charge < -0.3 is 0 Å². The lowest BCUT2D eigenvalue weighted by Crippen LogP contribution is -2.36. The maximum absolute atomic E-state index is 12.3. The molecule has 1 aliphatic heterocycles. The van der Waals surface area contributed by atoms with Gasteiger partial charge in [0, 0.05) is 24.1 Å². The average molecular weight is 281 g/mol. The van der Waals surface area contributed by atoms with Crippen molar-refractivity contribution < 1.29 is 4.79 Å². The van der Waals surface area contributed by atoms with Crippen LogP contribution in [0.3, 0.4) is 0 Å². The third-order valence-corrected chi connectivity index (χ3v) is 3.88. The Kier molecular flexibility index (Phi) is 3.69. The van der Waals surface area contributed by atoms with Crippen molar-refractivity contribution in [1.29, 1.82) is 0 Å². The Hall–Kier alpha value is -2.23. The lowest BCUT2D eigenvalue weighted by atomic mass is 10.0. The van der Waals surface area contributed by atoms with Crippen molar-refractivity contribution in [1.82, 2.24) is 9.97 Å². The van der Waals surface area contributed by atoms with Crippen LogP contribution in [-0.2, 0) is 24.2 Å². The Morgan fingerprint density at radius 1 is 1.14 bits per heavy atom. The van der Waals surface area contributed by atoms with Crippen LogP contribution >= 0.6 is 0 Å². The highest BCUT2D eigenvalue weighted by Crippen LogP contribution is 2.29. The van der Waals surface area contributed by atoms with Gasteiger partial charge in [0.05, 0.1) is 6.54 Å². The Balaban J connectivity index is 2.02. The van der Waals surface area contributed by atoms with Gasteiger partial charge in [0.1, 0.15) is 11.6 Å². The van der Waals surface area contributed by atoms with Crippen LogP contribution < -0.4 is 4.90 Å². The molecule has 4 nitrogen and oxygen atoms in total. The van der Waals surface area contributed by atoms with Crippen LogP contribution in [-0.4, -0.2) is 15.9 Å². The summed E-state index contributed by atoms with van der Waals surface area (Å²) in [5.41, 5.74) is 3.23. The molecule has 21 heavy (non-hydrogen) atoms. The van der Waals surface area contributed by atoms with Crippen LogP contribution in [0.5, 0.6) is 0 Å². The van der Waals surface area contributed by atoms with E-state index in [0.29, 0.717) is 13.0 Å². The number of aryl methyl sites for hydroxylation is 2. The monoisotopic (exact) mass is 281 g/mol. The molecule has 0 spiro atoms. The average Bonchev–Trinajstić information content (AvgIpc) is 2.51. The van der Waals surface area contributed by atoms with E-state index < -0.39 is 0 Å². The van der Waals surface area contributed by atoms with Crippen molar-refractivity contribution in [3.05, 3.63) is 53.0 Å². The number of fused-ring (bicyclic) bond motifs is 1. The van der Waals surface area contributed by atoms with Crippen LogP contribution in [0.2, 0.25) is 0 Å². The molecular formula is C17H19N3O. The first-order valence-corrected chi connectivity index (χ1v) is 7.39. The van der Waals surface area contributed by atoms with E-state index in [1.54, 1.807) is 0 Å². The van der Waals surface area contributed by atoms with E-state index >= 15 is 0 Å². The minimum absolute atomic E-state index is 0.145.